The molecule has 0 atom stereocenters. The van der Waals surface area contributed by atoms with Gasteiger partial charge in [-0.15, -0.1) is 0 Å². The van der Waals surface area contributed by atoms with Crippen molar-refractivity contribution < 1.29 is 14.3 Å². The monoisotopic (exact) mass is 248 g/mol. The lowest BCUT2D eigenvalue weighted by atomic mass is 10.1. The highest BCUT2D eigenvalue weighted by Crippen LogP contribution is 2.22. The van der Waals surface area contributed by atoms with Crippen LogP contribution in [-0.2, 0) is 0 Å². The fourth-order valence-corrected chi connectivity index (χ4v) is 1.64. The molecule has 2 rings (SSSR count). The quantitative estimate of drug-likeness (QED) is 0.908. The number of nitrogens with zero attached hydrogens (tertiary/aromatic N) is 2. The Kier molecular flexibility index (Phi) is 3.14. The maximum Gasteiger partial charge on any atom is 0.338 e. The molecule has 94 valence electrons. The number of rotatable bonds is 3. The molecule has 5 heteroatoms. The second kappa shape index (κ2) is 4.60. The smallest absolute Gasteiger partial charge is 0.338 e. The summed E-state index contributed by atoms with van der Waals surface area (Å²) in [5, 5.41) is 12.9. The molecule has 2 aromatic rings. The van der Waals surface area contributed by atoms with Gasteiger partial charge >= 0.3 is 5.97 Å². The topological polar surface area (TPSA) is 55.1 Å². The highest BCUT2D eigenvalue weighted by Gasteiger charge is 2.12. The third-order valence-electron chi connectivity index (χ3n) is 2.66. The third kappa shape index (κ3) is 2.25. The molecule has 0 bridgehead atoms. The lowest BCUT2D eigenvalue weighted by Gasteiger charge is -2.03. The molecule has 0 aliphatic heterocycles. The third-order valence-corrected chi connectivity index (χ3v) is 2.66. The van der Waals surface area contributed by atoms with Crippen molar-refractivity contribution >= 4 is 5.97 Å². The number of benzene rings is 1. The molecule has 0 saturated heterocycles. The summed E-state index contributed by atoms with van der Waals surface area (Å²) < 4.78 is 15.3. The minimum Gasteiger partial charge on any atom is -0.478 e. The van der Waals surface area contributed by atoms with E-state index in [1.54, 1.807) is 23.1 Å². The van der Waals surface area contributed by atoms with E-state index in [-0.39, 0.29) is 11.6 Å². The van der Waals surface area contributed by atoms with E-state index in [0.29, 0.717) is 5.56 Å². The van der Waals surface area contributed by atoms with Crippen LogP contribution in [0, 0.1) is 5.82 Å². The summed E-state index contributed by atoms with van der Waals surface area (Å²) in [6, 6.07) is 4.28. The van der Waals surface area contributed by atoms with Crippen molar-refractivity contribution in [3.8, 4) is 11.1 Å². The van der Waals surface area contributed by atoms with Crippen LogP contribution in [-0.4, -0.2) is 20.9 Å². The lowest BCUT2D eigenvalue weighted by Crippen LogP contribution is -2.00. The Hall–Kier alpha value is -2.17. The van der Waals surface area contributed by atoms with Crippen molar-refractivity contribution in [2.24, 2.45) is 0 Å². The summed E-state index contributed by atoms with van der Waals surface area (Å²) in [5.41, 5.74) is 1.05. The molecular formula is C13H13FN2O2. The Labute approximate surface area is 104 Å². The van der Waals surface area contributed by atoms with Gasteiger partial charge in [-0.3, -0.25) is 4.68 Å². The minimum absolute atomic E-state index is 0.224. The van der Waals surface area contributed by atoms with E-state index in [1.165, 1.54) is 12.1 Å². The van der Waals surface area contributed by atoms with Crippen molar-refractivity contribution in [3.05, 3.63) is 42.0 Å². The van der Waals surface area contributed by atoms with Gasteiger partial charge in [-0.25, -0.2) is 9.18 Å². The van der Waals surface area contributed by atoms with Gasteiger partial charge in [-0.2, -0.15) is 5.10 Å². The van der Waals surface area contributed by atoms with Crippen molar-refractivity contribution in [1.29, 1.82) is 0 Å². The number of carboxylic acids is 1. The van der Waals surface area contributed by atoms with E-state index >= 15 is 0 Å². The van der Waals surface area contributed by atoms with Gasteiger partial charge in [0.25, 0.3) is 0 Å². The Morgan fingerprint density at radius 3 is 2.61 bits per heavy atom. The zero-order valence-corrected chi connectivity index (χ0v) is 10.1. The van der Waals surface area contributed by atoms with Gasteiger partial charge in [0.15, 0.2) is 0 Å². The molecule has 0 spiro atoms. The average Bonchev–Trinajstić information content (AvgIpc) is 2.77. The molecule has 1 heterocycles. The van der Waals surface area contributed by atoms with Gasteiger partial charge in [0, 0.05) is 17.8 Å². The molecule has 0 radical (unpaired) electrons. The predicted molar refractivity (Wildman–Crippen MR) is 65.0 cm³/mol. The van der Waals surface area contributed by atoms with E-state index in [2.05, 4.69) is 5.10 Å². The number of hydrogen-bond acceptors (Lipinski definition) is 2. The highest BCUT2D eigenvalue weighted by molar-refractivity contribution is 5.88. The van der Waals surface area contributed by atoms with Crippen molar-refractivity contribution in [2.75, 3.05) is 0 Å². The van der Waals surface area contributed by atoms with Gasteiger partial charge < -0.3 is 5.11 Å². The van der Waals surface area contributed by atoms with Crippen molar-refractivity contribution in [2.45, 2.75) is 19.9 Å². The van der Waals surface area contributed by atoms with Gasteiger partial charge in [-0.1, -0.05) is 6.07 Å². The van der Waals surface area contributed by atoms with Crippen LogP contribution >= 0.6 is 0 Å². The fraction of sp³-hybridized carbons (Fsp3) is 0.231. The second-order valence-electron chi connectivity index (χ2n) is 4.30. The van der Waals surface area contributed by atoms with Crippen LogP contribution in [0.25, 0.3) is 11.1 Å². The molecule has 0 aliphatic rings. The molecule has 0 fully saturated rings. The Morgan fingerprint density at radius 2 is 2.11 bits per heavy atom. The highest BCUT2D eigenvalue weighted by atomic mass is 19.1. The molecule has 0 saturated carbocycles. The van der Waals surface area contributed by atoms with Gasteiger partial charge in [0.1, 0.15) is 5.82 Å². The zero-order valence-electron chi connectivity index (χ0n) is 10.1. The first-order valence-electron chi connectivity index (χ1n) is 5.56. The number of carboxylic acid groups (broad SMARTS) is 1. The predicted octanol–water partition coefficient (Wildman–Crippen LogP) is 2.97. The standard InChI is InChI=1S/C13H13FN2O2/c1-8(2)16-7-10(6-15-16)9-3-4-11(13(17)18)12(14)5-9/h3-8H,1-2H3,(H,17,18). The van der Waals surface area contributed by atoms with E-state index < -0.39 is 11.8 Å². The molecule has 1 aromatic heterocycles. The summed E-state index contributed by atoms with van der Waals surface area (Å²) in [5.74, 6) is -2.01. The second-order valence-corrected chi connectivity index (χ2v) is 4.30. The van der Waals surface area contributed by atoms with Crippen molar-refractivity contribution in [1.82, 2.24) is 9.78 Å². The summed E-state index contributed by atoms with van der Waals surface area (Å²) in [6.07, 6.45) is 3.44. The number of carbonyl (C=O) groups is 1. The lowest BCUT2D eigenvalue weighted by molar-refractivity contribution is 0.0692. The maximum atomic E-state index is 13.5. The van der Waals surface area contributed by atoms with E-state index in [9.17, 15) is 9.18 Å². The van der Waals surface area contributed by atoms with Crippen LogP contribution in [0.5, 0.6) is 0 Å². The van der Waals surface area contributed by atoms with E-state index in [1.807, 2.05) is 13.8 Å². The molecule has 0 unspecified atom stereocenters. The van der Waals surface area contributed by atoms with Gasteiger partial charge in [0.2, 0.25) is 0 Å². The Morgan fingerprint density at radius 1 is 1.39 bits per heavy atom. The van der Waals surface area contributed by atoms with E-state index in [0.717, 1.165) is 5.56 Å². The number of halogens is 1. The molecule has 1 aromatic carbocycles. The first kappa shape index (κ1) is 12.3. The summed E-state index contributed by atoms with van der Waals surface area (Å²) in [7, 11) is 0. The van der Waals surface area contributed by atoms with Gasteiger partial charge in [-0.05, 0) is 31.5 Å². The number of aromatic nitrogens is 2. The molecule has 1 N–H and O–H groups in total. The van der Waals surface area contributed by atoms with Crippen LogP contribution in [0.2, 0.25) is 0 Å². The zero-order chi connectivity index (χ0) is 13.3. The summed E-state index contributed by atoms with van der Waals surface area (Å²) >= 11 is 0. The van der Waals surface area contributed by atoms with Crippen LogP contribution < -0.4 is 0 Å². The normalized spacial score (nSPS) is 10.9. The van der Waals surface area contributed by atoms with Crippen LogP contribution in [0.15, 0.2) is 30.6 Å². The Balaban J connectivity index is 2.39. The van der Waals surface area contributed by atoms with Crippen LogP contribution in [0.3, 0.4) is 0 Å². The molecular weight excluding hydrogens is 235 g/mol. The SMILES string of the molecule is CC(C)n1cc(-c2ccc(C(=O)O)c(F)c2)cn1. The minimum atomic E-state index is -1.27. The fourth-order valence-electron chi connectivity index (χ4n) is 1.64. The first-order chi connectivity index (χ1) is 8.49. The van der Waals surface area contributed by atoms with Gasteiger partial charge in [0.05, 0.1) is 11.8 Å². The molecule has 0 amide bonds. The summed E-state index contributed by atoms with van der Waals surface area (Å²) in [4.78, 5) is 10.7. The average molecular weight is 248 g/mol. The van der Waals surface area contributed by atoms with E-state index in [4.69, 9.17) is 5.11 Å². The number of hydrogen-bond donors (Lipinski definition) is 1. The number of aromatic carboxylic acids is 1. The Bertz CT molecular complexity index is 590. The summed E-state index contributed by atoms with van der Waals surface area (Å²) in [6.45, 7) is 3.98. The first-order valence-corrected chi connectivity index (χ1v) is 5.56. The van der Waals surface area contributed by atoms with Crippen LogP contribution in [0.4, 0.5) is 4.39 Å². The van der Waals surface area contributed by atoms with Crippen LogP contribution in [0.1, 0.15) is 30.2 Å². The maximum absolute atomic E-state index is 13.5. The largest absolute Gasteiger partial charge is 0.478 e. The molecule has 18 heavy (non-hydrogen) atoms. The molecule has 4 nitrogen and oxygen atoms in total. The molecule has 0 aliphatic carbocycles. The van der Waals surface area contributed by atoms with Crippen molar-refractivity contribution in [3.63, 3.8) is 0 Å².